The smallest absolute Gasteiger partial charge is 0.286 e. The van der Waals surface area contributed by atoms with Crippen molar-refractivity contribution in [2.75, 3.05) is 16.3 Å². The molecule has 0 saturated heterocycles. The number of amides is 1. The fourth-order valence-electron chi connectivity index (χ4n) is 4.00. The van der Waals surface area contributed by atoms with Crippen LogP contribution in [0.4, 0.5) is 15.8 Å². The highest BCUT2D eigenvalue weighted by molar-refractivity contribution is 7.92. The normalized spacial score (nSPS) is 19.6. The molecular formula is C22H23FN4O6S2. The number of benzene rings is 2. The van der Waals surface area contributed by atoms with Crippen molar-refractivity contribution in [3.05, 3.63) is 65.2 Å². The van der Waals surface area contributed by atoms with Gasteiger partial charge in [0, 0.05) is 24.7 Å². The lowest BCUT2D eigenvalue weighted by Gasteiger charge is -2.36. The standard InChI is InChI=1S/C22H23FN4O6S2/c1-3-16-11-18(28)20(22(29)27(16)12-13-4-6-14(23)7-5-13)21-24-17-9-8-15(25-34(2,30)31)10-19(17)35(32,33)26-21/h4-10,16,25,28H,3,11-12H2,1-2H3,(H,24,26)/t16-/m0/s1. The molecule has 4 rings (SSSR count). The number of nitrogens with one attached hydrogen (secondary N) is 2. The summed E-state index contributed by atoms with van der Waals surface area (Å²) in [5.74, 6) is -1.66. The van der Waals surface area contributed by atoms with Gasteiger partial charge < -0.3 is 15.3 Å². The van der Waals surface area contributed by atoms with Crippen molar-refractivity contribution >= 4 is 43.2 Å². The molecule has 3 N–H and O–H groups in total. The number of carbonyl (C=O) groups excluding carboxylic acids is 1. The number of amidine groups is 1. The monoisotopic (exact) mass is 522 g/mol. The third kappa shape index (κ3) is 5.15. The fourth-order valence-corrected chi connectivity index (χ4v) is 5.71. The molecule has 1 atom stereocenters. The van der Waals surface area contributed by atoms with E-state index in [0.717, 1.165) is 12.3 Å². The number of hydrogen-bond acceptors (Lipinski definition) is 7. The van der Waals surface area contributed by atoms with Crippen LogP contribution in [0.2, 0.25) is 0 Å². The van der Waals surface area contributed by atoms with Gasteiger partial charge in [-0.2, -0.15) is 8.42 Å². The van der Waals surface area contributed by atoms with Crippen LogP contribution in [0, 0.1) is 5.82 Å². The van der Waals surface area contributed by atoms with Crippen LogP contribution < -0.4 is 10.0 Å². The maximum atomic E-state index is 13.5. The number of nitrogens with zero attached hydrogens (tertiary/aromatic N) is 2. The van der Waals surface area contributed by atoms with Crippen LogP contribution in [0.3, 0.4) is 0 Å². The lowest BCUT2D eigenvalue weighted by atomic mass is 9.96. The summed E-state index contributed by atoms with van der Waals surface area (Å²) >= 11 is 0. The topological polar surface area (TPSA) is 145 Å². The molecule has 0 saturated carbocycles. The van der Waals surface area contributed by atoms with Crippen molar-refractivity contribution in [1.82, 2.24) is 4.90 Å². The molecular weight excluding hydrogens is 499 g/mol. The van der Waals surface area contributed by atoms with Gasteiger partial charge in [0.1, 0.15) is 22.0 Å². The van der Waals surface area contributed by atoms with Crippen molar-refractivity contribution in [3.63, 3.8) is 0 Å². The van der Waals surface area contributed by atoms with E-state index < -0.39 is 31.8 Å². The number of halogens is 1. The highest BCUT2D eigenvalue weighted by atomic mass is 32.2. The third-order valence-electron chi connectivity index (χ3n) is 5.63. The molecule has 10 nitrogen and oxygen atoms in total. The molecule has 0 unspecified atom stereocenters. The Morgan fingerprint density at radius 2 is 1.91 bits per heavy atom. The van der Waals surface area contributed by atoms with Crippen LogP contribution in [0.5, 0.6) is 0 Å². The van der Waals surface area contributed by atoms with Gasteiger partial charge in [0.25, 0.3) is 15.9 Å². The third-order valence-corrected chi connectivity index (χ3v) is 7.56. The number of aliphatic hydroxyl groups excluding tert-OH is 1. The van der Waals surface area contributed by atoms with Crippen LogP contribution in [0.1, 0.15) is 25.3 Å². The molecule has 2 aromatic rings. The maximum Gasteiger partial charge on any atom is 0.286 e. The number of aliphatic hydroxyl groups is 1. The molecule has 0 spiro atoms. The van der Waals surface area contributed by atoms with Crippen LogP contribution in [-0.2, 0) is 31.4 Å². The molecule has 0 radical (unpaired) electrons. The largest absolute Gasteiger partial charge is 0.511 e. The average Bonchev–Trinajstić information content (AvgIpc) is 2.76. The molecule has 186 valence electrons. The van der Waals surface area contributed by atoms with Crippen molar-refractivity contribution in [2.24, 2.45) is 4.40 Å². The Labute approximate surface area is 202 Å². The van der Waals surface area contributed by atoms with E-state index in [1.165, 1.54) is 29.2 Å². The van der Waals surface area contributed by atoms with E-state index >= 15 is 0 Å². The molecule has 0 fully saturated rings. The lowest BCUT2D eigenvalue weighted by molar-refractivity contribution is -0.131. The van der Waals surface area contributed by atoms with Crippen molar-refractivity contribution < 1.29 is 31.1 Å². The minimum Gasteiger partial charge on any atom is -0.511 e. The van der Waals surface area contributed by atoms with Crippen LogP contribution in [-0.4, -0.2) is 50.9 Å². The summed E-state index contributed by atoms with van der Waals surface area (Å²) in [4.78, 5) is 14.7. The van der Waals surface area contributed by atoms with E-state index in [4.69, 9.17) is 0 Å². The lowest BCUT2D eigenvalue weighted by Crippen LogP contribution is -2.47. The van der Waals surface area contributed by atoms with Gasteiger partial charge in [-0.3, -0.25) is 9.52 Å². The molecule has 1 amide bonds. The van der Waals surface area contributed by atoms with E-state index in [1.54, 1.807) is 12.1 Å². The number of rotatable bonds is 6. The van der Waals surface area contributed by atoms with E-state index in [1.807, 2.05) is 6.92 Å². The molecule has 0 bridgehead atoms. The van der Waals surface area contributed by atoms with E-state index in [-0.39, 0.29) is 52.4 Å². The van der Waals surface area contributed by atoms with Gasteiger partial charge in [0.05, 0.1) is 11.9 Å². The Morgan fingerprint density at radius 3 is 2.54 bits per heavy atom. The van der Waals surface area contributed by atoms with Crippen LogP contribution in [0.15, 0.2) is 63.1 Å². The Bertz CT molecular complexity index is 1470. The van der Waals surface area contributed by atoms with Gasteiger partial charge in [-0.15, -0.1) is 4.40 Å². The van der Waals surface area contributed by atoms with E-state index in [2.05, 4.69) is 14.4 Å². The van der Waals surface area contributed by atoms with Gasteiger partial charge in [-0.25, -0.2) is 12.8 Å². The first-order valence-electron chi connectivity index (χ1n) is 10.6. The Kier molecular flexibility index (Phi) is 6.32. The fraction of sp³-hybridized carbons (Fsp3) is 0.273. The second-order valence-corrected chi connectivity index (χ2v) is 11.6. The molecule has 35 heavy (non-hydrogen) atoms. The number of hydrogen-bond donors (Lipinski definition) is 3. The predicted molar refractivity (Wildman–Crippen MR) is 128 cm³/mol. The number of fused-ring (bicyclic) bond motifs is 1. The summed E-state index contributed by atoms with van der Waals surface area (Å²) in [6, 6.07) is 9.11. The summed E-state index contributed by atoms with van der Waals surface area (Å²) in [7, 11) is -7.97. The minimum absolute atomic E-state index is 0.0299. The summed E-state index contributed by atoms with van der Waals surface area (Å²) in [6.45, 7) is 1.98. The zero-order valence-electron chi connectivity index (χ0n) is 18.8. The van der Waals surface area contributed by atoms with Gasteiger partial charge in [0.15, 0.2) is 5.84 Å². The molecule has 0 aromatic heterocycles. The molecule has 2 aromatic carbocycles. The summed E-state index contributed by atoms with van der Waals surface area (Å²) < 4.78 is 68.0. The number of sulfonamides is 2. The Balaban J connectivity index is 1.70. The highest BCUT2D eigenvalue weighted by Crippen LogP contribution is 2.34. The predicted octanol–water partition coefficient (Wildman–Crippen LogP) is 2.73. The first-order valence-corrected chi connectivity index (χ1v) is 13.9. The summed E-state index contributed by atoms with van der Waals surface area (Å²) in [5.41, 5.74) is 0.498. The summed E-state index contributed by atoms with van der Waals surface area (Å²) in [6.07, 6.45) is 1.55. The molecule has 2 aliphatic rings. The average molecular weight is 523 g/mol. The van der Waals surface area contributed by atoms with Crippen molar-refractivity contribution in [2.45, 2.75) is 37.2 Å². The zero-order chi connectivity index (χ0) is 25.5. The minimum atomic E-state index is -4.33. The first kappa shape index (κ1) is 24.7. The van der Waals surface area contributed by atoms with Gasteiger partial charge in [-0.05, 0) is 42.3 Å². The van der Waals surface area contributed by atoms with Crippen molar-refractivity contribution in [3.8, 4) is 0 Å². The van der Waals surface area contributed by atoms with Crippen LogP contribution >= 0.6 is 0 Å². The van der Waals surface area contributed by atoms with Crippen LogP contribution in [0.25, 0.3) is 0 Å². The van der Waals surface area contributed by atoms with Gasteiger partial charge >= 0.3 is 0 Å². The van der Waals surface area contributed by atoms with Gasteiger partial charge in [0.2, 0.25) is 10.0 Å². The first-order chi connectivity index (χ1) is 16.4. The second kappa shape index (κ2) is 8.96. The molecule has 2 aliphatic heterocycles. The molecule has 13 heteroatoms. The van der Waals surface area contributed by atoms with Gasteiger partial charge in [-0.1, -0.05) is 19.1 Å². The number of anilines is 2. The second-order valence-electron chi connectivity index (χ2n) is 8.27. The SMILES string of the molecule is CC[C@H]1CC(O)=C(C2=NS(=O)(=O)c3cc(NS(C)(=O)=O)ccc3N2)C(=O)N1Cc1ccc(F)cc1. The van der Waals surface area contributed by atoms with E-state index in [9.17, 15) is 31.1 Å². The maximum absolute atomic E-state index is 13.5. The summed E-state index contributed by atoms with van der Waals surface area (Å²) in [5, 5.41) is 13.5. The quantitative estimate of drug-likeness (QED) is 0.529. The van der Waals surface area contributed by atoms with E-state index in [0.29, 0.717) is 12.0 Å². The van der Waals surface area contributed by atoms with Crippen molar-refractivity contribution in [1.29, 1.82) is 0 Å². The molecule has 0 aliphatic carbocycles. The zero-order valence-corrected chi connectivity index (χ0v) is 20.5. The molecule has 2 heterocycles. The highest BCUT2D eigenvalue weighted by Gasteiger charge is 2.39. The Morgan fingerprint density at radius 1 is 1.23 bits per heavy atom. The number of carbonyl (C=O) groups is 1. The Hall–Kier alpha value is -3.45.